The molecule has 2 N–H and O–H groups in total. The molecule has 19 heavy (non-hydrogen) atoms. The molecule has 110 valence electrons. The number of carboxylic acid groups (broad SMARTS) is 1. The molecule has 2 amide bonds. The zero-order valence-electron chi connectivity index (χ0n) is 12.1. The zero-order chi connectivity index (χ0) is 14.6. The zero-order valence-corrected chi connectivity index (χ0v) is 12.1. The van der Waals surface area contributed by atoms with Crippen LogP contribution < -0.4 is 5.32 Å². The van der Waals surface area contributed by atoms with Gasteiger partial charge in [0.1, 0.15) is 0 Å². The lowest BCUT2D eigenvalue weighted by molar-refractivity contribution is -0.142. The number of ether oxygens (including phenoxy) is 1. The number of carbonyl (C=O) groups excluding carboxylic acids is 1. The minimum absolute atomic E-state index is 0.0349. The smallest absolute Gasteiger partial charge is 0.328 e. The fraction of sp³-hybridized carbons (Fsp3) is 0.846. The summed E-state index contributed by atoms with van der Waals surface area (Å²) >= 11 is 0. The van der Waals surface area contributed by atoms with E-state index in [9.17, 15) is 9.59 Å². The van der Waals surface area contributed by atoms with Crippen molar-refractivity contribution < 1.29 is 19.4 Å². The summed E-state index contributed by atoms with van der Waals surface area (Å²) in [6.45, 7) is 8.14. The Morgan fingerprint density at radius 3 is 2.53 bits per heavy atom. The second kappa shape index (κ2) is 6.23. The largest absolute Gasteiger partial charge is 0.480 e. The molecule has 6 nitrogen and oxygen atoms in total. The number of hydrogen-bond acceptors (Lipinski definition) is 3. The number of urea groups is 1. The van der Waals surface area contributed by atoms with E-state index in [1.54, 1.807) is 4.90 Å². The lowest BCUT2D eigenvalue weighted by Gasteiger charge is -2.26. The van der Waals surface area contributed by atoms with Crippen LogP contribution in [0.1, 0.15) is 40.5 Å². The number of amides is 2. The maximum Gasteiger partial charge on any atom is 0.328 e. The molecule has 1 fully saturated rings. The normalized spacial score (nSPS) is 21.3. The van der Waals surface area contributed by atoms with Crippen molar-refractivity contribution >= 4 is 12.0 Å². The Labute approximate surface area is 114 Å². The summed E-state index contributed by atoms with van der Waals surface area (Å²) in [6.07, 6.45) is 1.93. The second-order valence-electron chi connectivity index (χ2n) is 5.95. The third-order valence-electron chi connectivity index (χ3n) is 3.09. The average Bonchev–Trinajstić information content (AvgIpc) is 2.68. The van der Waals surface area contributed by atoms with Crippen LogP contribution in [0.4, 0.5) is 4.79 Å². The van der Waals surface area contributed by atoms with Crippen LogP contribution in [-0.2, 0) is 9.53 Å². The first kappa shape index (κ1) is 15.8. The molecule has 0 spiro atoms. The van der Waals surface area contributed by atoms with Crippen molar-refractivity contribution in [2.24, 2.45) is 0 Å². The van der Waals surface area contributed by atoms with Crippen molar-refractivity contribution in [1.82, 2.24) is 10.2 Å². The molecule has 0 aliphatic carbocycles. The lowest BCUT2D eigenvalue weighted by atomic mass is 10.2. The topological polar surface area (TPSA) is 78.9 Å². The number of hydrogen-bond donors (Lipinski definition) is 2. The molecule has 0 radical (unpaired) electrons. The van der Waals surface area contributed by atoms with Crippen molar-refractivity contribution in [3.8, 4) is 0 Å². The molecule has 1 saturated heterocycles. The molecule has 0 aromatic heterocycles. The molecule has 0 saturated carbocycles. The summed E-state index contributed by atoms with van der Waals surface area (Å²) in [5, 5.41) is 11.6. The third-order valence-corrected chi connectivity index (χ3v) is 3.09. The van der Waals surface area contributed by atoms with Crippen LogP contribution in [0.2, 0.25) is 0 Å². The standard InChI is InChI=1S/C13H24N2O4/c1-9-6-5-7-15(9)12(18)14-10(11(16)17)8-19-13(2,3)4/h9-10H,5-8H2,1-4H3,(H,14,18)(H,16,17)/t9?,10-/m0/s1. The van der Waals surface area contributed by atoms with Crippen LogP contribution >= 0.6 is 0 Å². The number of carbonyl (C=O) groups is 2. The highest BCUT2D eigenvalue weighted by atomic mass is 16.5. The van der Waals surface area contributed by atoms with Gasteiger partial charge < -0.3 is 20.1 Å². The third kappa shape index (κ3) is 5.06. The van der Waals surface area contributed by atoms with E-state index in [2.05, 4.69) is 5.32 Å². The molecular weight excluding hydrogens is 248 g/mol. The van der Waals surface area contributed by atoms with Gasteiger partial charge in [-0.15, -0.1) is 0 Å². The number of nitrogens with zero attached hydrogens (tertiary/aromatic N) is 1. The molecule has 1 aliphatic heterocycles. The van der Waals surface area contributed by atoms with E-state index >= 15 is 0 Å². The van der Waals surface area contributed by atoms with E-state index < -0.39 is 17.6 Å². The van der Waals surface area contributed by atoms with Crippen LogP contribution in [0.25, 0.3) is 0 Å². The number of carboxylic acids is 1. The predicted molar refractivity (Wildman–Crippen MR) is 71.1 cm³/mol. The Morgan fingerprint density at radius 2 is 2.11 bits per heavy atom. The van der Waals surface area contributed by atoms with Gasteiger partial charge in [0, 0.05) is 12.6 Å². The first-order chi connectivity index (χ1) is 8.70. The molecular formula is C13H24N2O4. The molecule has 1 unspecified atom stereocenters. The monoisotopic (exact) mass is 272 g/mol. The molecule has 0 bridgehead atoms. The predicted octanol–water partition coefficient (Wildman–Crippen LogP) is 1.45. The summed E-state index contributed by atoms with van der Waals surface area (Å²) < 4.78 is 5.43. The van der Waals surface area contributed by atoms with E-state index in [0.717, 1.165) is 12.8 Å². The summed E-state index contributed by atoms with van der Waals surface area (Å²) in [4.78, 5) is 24.8. The Morgan fingerprint density at radius 1 is 1.47 bits per heavy atom. The molecule has 1 heterocycles. The van der Waals surface area contributed by atoms with Gasteiger partial charge >= 0.3 is 12.0 Å². The lowest BCUT2D eigenvalue weighted by Crippen LogP contribution is -2.51. The van der Waals surface area contributed by atoms with Crippen molar-refractivity contribution in [2.45, 2.75) is 58.2 Å². The van der Waals surface area contributed by atoms with Crippen LogP contribution in [0.15, 0.2) is 0 Å². The highest BCUT2D eigenvalue weighted by molar-refractivity contribution is 5.83. The van der Waals surface area contributed by atoms with Crippen molar-refractivity contribution in [3.63, 3.8) is 0 Å². The van der Waals surface area contributed by atoms with Crippen molar-refractivity contribution in [2.75, 3.05) is 13.2 Å². The Hall–Kier alpha value is -1.30. The van der Waals surface area contributed by atoms with Crippen molar-refractivity contribution in [3.05, 3.63) is 0 Å². The first-order valence-electron chi connectivity index (χ1n) is 6.64. The molecule has 6 heteroatoms. The number of rotatable bonds is 4. The van der Waals surface area contributed by atoms with Gasteiger partial charge in [-0.1, -0.05) is 0 Å². The van der Waals surface area contributed by atoms with E-state index in [1.807, 2.05) is 27.7 Å². The summed E-state index contributed by atoms with van der Waals surface area (Å²) in [7, 11) is 0. The SMILES string of the molecule is CC1CCCN1C(=O)N[C@@H](COC(C)(C)C)C(=O)O. The van der Waals surface area contributed by atoms with Gasteiger partial charge in [-0.2, -0.15) is 0 Å². The number of nitrogens with one attached hydrogen (secondary N) is 1. The van der Waals surface area contributed by atoms with Crippen LogP contribution in [0.5, 0.6) is 0 Å². The number of aliphatic carboxylic acids is 1. The van der Waals surface area contributed by atoms with Gasteiger partial charge in [0.15, 0.2) is 6.04 Å². The van der Waals surface area contributed by atoms with E-state index in [0.29, 0.717) is 6.54 Å². The Bertz CT molecular complexity index is 338. The summed E-state index contributed by atoms with van der Waals surface area (Å²) in [5.41, 5.74) is -0.431. The van der Waals surface area contributed by atoms with E-state index in [-0.39, 0.29) is 18.7 Å². The van der Waals surface area contributed by atoms with Crippen LogP contribution in [0, 0.1) is 0 Å². The maximum absolute atomic E-state index is 12.0. The molecule has 1 aliphatic rings. The van der Waals surface area contributed by atoms with Gasteiger partial charge in [0.25, 0.3) is 0 Å². The number of likely N-dealkylation sites (tertiary alicyclic amines) is 1. The molecule has 0 aromatic rings. The highest BCUT2D eigenvalue weighted by Crippen LogP contribution is 2.16. The van der Waals surface area contributed by atoms with Gasteiger partial charge in [-0.25, -0.2) is 9.59 Å². The maximum atomic E-state index is 12.0. The second-order valence-corrected chi connectivity index (χ2v) is 5.95. The van der Waals surface area contributed by atoms with Crippen molar-refractivity contribution in [1.29, 1.82) is 0 Å². The van der Waals surface area contributed by atoms with Gasteiger partial charge in [-0.3, -0.25) is 0 Å². The molecule has 1 rings (SSSR count). The van der Waals surface area contributed by atoms with E-state index in [1.165, 1.54) is 0 Å². The Kier molecular flexibility index (Phi) is 5.17. The summed E-state index contributed by atoms with van der Waals surface area (Å²) in [6, 6.07) is -1.17. The highest BCUT2D eigenvalue weighted by Gasteiger charge is 2.29. The average molecular weight is 272 g/mol. The van der Waals surface area contributed by atoms with Crippen LogP contribution in [-0.4, -0.2) is 52.8 Å². The molecule has 2 atom stereocenters. The minimum atomic E-state index is -1.08. The van der Waals surface area contributed by atoms with Gasteiger partial charge in [0.05, 0.1) is 12.2 Å². The van der Waals surface area contributed by atoms with Gasteiger partial charge in [-0.05, 0) is 40.5 Å². The summed E-state index contributed by atoms with van der Waals surface area (Å²) in [5.74, 6) is -1.08. The molecule has 0 aromatic carbocycles. The van der Waals surface area contributed by atoms with Crippen LogP contribution in [0.3, 0.4) is 0 Å². The minimum Gasteiger partial charge on any atom is -0.480 e. The fourth-order valence-corrected chi connectivity index (χ4v) is 1.97. The first-order valence-corrected chi connectivity index (χ1v) is 6.64. The fourth-order valence-electron chi connectivity index (χ4n) is 1.97. The van der Waals surface area contributed by atoms with E-state index in [4.69, 9.17) is 9.84 Å². The quantitative estimate of drug-likeness (QED) is 0.812. The van der Waals surface area contributed by atoms with Gasteiger partial charge in [0.2, 0.25) is 0 Å². The Balaban J connectivity index is 2.53.